The lowest BCUT2D eigenvalue weighted by atomic mass is 9.86. The van der Waals surface area contributed by atoms with Gasteiger partial charge in [-0.3, -0.25) is 24.4 Å². The first-order chi connectivity index (χ1) is 23.0. The monoisotopic (exact) mass is 737 g/mol. The second kappa shape index (κ2) is 15.7. The van der Waals surface area contributed by atoms with Crippen molar-refractivity contribution in [2.24, 2.45) is 10.9 Å². The maximum atomic E-state index is 15.4. The molecule has 3 aliphatic rings. The first kappa shape index (κ1) is 36.9. The number of nitrogens with one attached hydrogen (secondary N) is 2. The Balaban J connectivity index is 0.00000468. The Morgan fingerprint density at radius 1 is 0.980 bits per heavy atom. The molecule has 3 atom stereocenters. The molecule has 14 heteroatoms. The molecule has 2 N–H and O–H groups in total. The number of carbonyl (C=O) groups is 2. The fraction of sp³-hybridized carbons (Fsp3) is 0.400. The lowest BCUT2D eigenvalue weighted by molar-refractivity contribution is -0.140. The zero-order valence-corrected chi connectivity index (χ0v) is 29.0. The second-order valence-corrected chi connectivity index (χ2v) is 13.0. The summed E-state index contributed by atoms with van der Waals surface area (Å²) in [6, 6.07) is 15.5. The molecule has 49 heavy (non-hydrogen) atoms. The number of carbonyl (C=O) groups excluding carboxylic acids is 2. The highest BCUT2D eigenvalue weighted by molar-refractivity contribution is 6.30. The van der Waals surface area contributed by atoms with Gasteiger partial charge in [0.05, 0.1) is 36.4 Å². The van der Waals surface area contributed by atoms with Gasteiger partial charge in [-0.2, -0.15) is 13.2 Å². The average Bonchev–Trinajstić information content (AvgIpc) is 3.46. The van der Waals surface area contributed by atoms with Crippen LogP contribution in [0.15, 0.2) is 71.7 Å². The molecule has 3 aliphatic heterocycles. The predicted octanol–water partition coefficient (Wildman–Crippen LogP) is 6.70. The van der Waals surface area contributed by atoms with Crippen LogP contribution in [-0.2, 0) is 15.8 Å². The minimum atomic E-state index is -4.61. The number of piperazine rings is 1. The van der Waals surface area contributed by atoms with E-state index in [0.717, 1.165) is 36.3 Å². The highest BCUT2D eigenvalue weighted by Crippen LogP contribution is 2.46. The first-order valence-corrected chi connectivity index (χ1v) is 16.8. The molecular weight excluding hydrogens is 702 g/mol. The van der Waals surface area contributed by atoms with Crippen LogP contribution in [0.1, 0.15) is 54.1 Å². The Morgan fingerprint density at radius 3 is 2.20 bits per heavy atom. The summed E-state index contributed by atoms with van der Waals surface area (Å²) in [5, 5.41) is 7.24. The fourth-order valence-electron chi connectivity index (χ4n) is 6.90. The first-order valence-electron chi connectivity index (χ1n) is 16.0. The van der Waals surface area contributed by atoms with Crippen molar-refractivity contribution in [2.75, 3.05) is 39.3 Å². The molecule has 3 aromatic rings. The number of amidine groups is 1. The summed E-state index contributed by atoms with van der Waals surface area (Å²) in [5.41, 5.74) is 0.875. The van der Waals surface area contributed by atoms with Crippen molar-refractivity contribution in [2.45, 2.75) is 44.1 Å². The molecule has 3 unspecified atom stereocenters. The number of alkyl halides is 3. The molecule has 0 aromatic heterocycles. The van der Waals surface area contributed by atoms with Crippen molar-refractivity contribution in [1.82, 2.24) is 20.4 Å². The van der Waals surface area contributed by atoms with Gasteiger partial charge in [-0.15, -0.1) is 12.4 Å². The van der Waals surface area contributed by atoms with Crippen LogP contribution in [0.25, 0.3) is 0 Å². The minimum absolute atomic E-state index is 0. The predicted molar refractivity (Wildman–Crippen MR) is 186 cm³/mol. The molecule has 2 amide bonds. The molecule has 3 aromatic carbocycles. The normalized spacial score (nSPS) is 21.1. The zero-order chi connectivity index (χ0) is 34.0. The van der Waals surface area contributed by atoms with Crippen molar-refractivity contribution in [3.63, 3.8) is 0 Å². The summed E-state index contributed by atoms with van der Waals surface area (Å²) >= 11 is 12.6. The topological polar surface area (TPSA) is 86.3 Å². The lowest BCUT2D eigenvalue weighted by Crippen LogP contribution is -2.60. The van der Waals surface area contributed by atoms with Gasteiger partial charge in [0, 0.05) is 23.1 Å². The van der Waals surface area contributed by atoms with E-state index in [2.05, 4.69) is 10.6 Å². The standard InChI is InChI=1S/C35H36Cl2F3N5O3.ClH/c1-2-48-28-19-24(35(38,39)40)7-12-27(28)33-43-30(21-3-8-25(36)9-4-21)31(22-5-10-26(37)11-6-22)45(33)34(47)32(23-13-15-41-16-14-23)44-18-17-42-29(46)20-44;/h3-12,19,23,30-32,41H,2,13-18,20H2,1H3,(H,42,46);1H. The summed E-state index contributed by atoms with van der Waals surface area (Å²) in [4.78, 5) is 36.7. The van der Waals surface area contributed by atoms with Crippen LogP contribution in [0.2, 0.25) is 10.0 Å². The van der Waals surface area contributed by atoms with Gasteiger partial charge in [-0.1, -0.05) is 47.5 Å². The molecule has 0 bridgehead atoms. The van der Waals surface area contributed by atoms with Crippen molar-refractivity contribution in [3.05, 3.63) is 99.0 Å². The van der Waals surface area contributed by atoms with Crippen LogP contribution in [0.3, 0.4) is 0 Å². The van der Waals surface area contributed by atoms with Crippen LogP contribution in [0.5, 0.6) is 5.75 Å². The third-order valence-electron chi connectivity index (χ3n) is 9.12. The number of piperidine rings is 1. The average molecular weight is 739 g/mol. The molecule has 0 radical (unpaired) electrons. The number of nitrogens with zero attached hydrogens (tertiary/aromatic N) is 3. The van der Waals surface area contributed by atoms with Crippen molar-refractivity contribution >= 4 is 53.3 Å². The van der Waals surface area contributed by atoms with Gasteiger partial charge in [0.2, 0.25) is 11.8 Å². The van der Waals surface area contributed by atoms with Gasteiger partial charge < -0.3 is 15.4 Å². The molecule has 6 rings (SSSR count). The van der Waals surface area contributed by atoms with Crippen molar-refractivity contribution in [1.29, 1.82) is 0 Å². The number of ether oxygens (including phenoxy) is 1. The van der Waals surface area contributed by atoms with E-state index >= 15 is 4.79 Å². The maximum absolute atomic E-state index is 15.4. The summed E-state index contributed by atoms with van der Waals surface area (Å²) < 4.78 is 47.5. The Kier molecular flexibility index (Phi) is 11.8. The third-order valence-corrected chi connectivity index (χ3v) is 9.63. The number of benzene rings is 3. The molecule has 262 valence electrons. The van der Waals surface area contributed by atoms with E-state index in [1.165, 1.54) is 6.07 Å². The van der Waals surface area contributed by atoms with E-state index < -0.39 is 29.9 Å². The number of rotatable bonds is 8. The zero-order valence-electron chi connectivity index (χ0n) is 26.7. The summed E-state index contributed by atoms with van der Waals surface area (Å²) in [6.45, 7) is 4.15. The number of halogens is 6. The second-order valence-electron chi connectivity index (χ2n) is 12.1. The maximum Gasteiger partial charge on any atom is 0.416 e. The molecule has 0 aliphatic carbocycles. The largest absolute Gasteiger partial charge is 0.493 e. The van der Waals surface area contributed by atoms with Gasteiger partial charge in [0.1, 0.15) is 17.6 Å². The van der Waals surface area contributed by atoms with E-state index in [9.17, 15) is 18.0 Å². The van der Waals surface area contributed by atoms with Crippen LogP contribution in [-0.4, -0.2) is 72.8 Å². The molecule has 0 saturated carbocycles. The highest BCUT2D eigenvalue weighted by Gasteiger charge is 2.48. The van der Waals surface area contributed by atoms with Crippen LogP contribution < -0.4 is 15.4 Å². The van der Waals surface area contributed by atoms with Crippen LogP contribution >= 0.6 is 35.6 Å². The quantitative estimate of drug-likeness (QED) is 0.269. The van der Waals surface area contributed by atoms with Gasteiger partial charge in [-0.05, 0) is 92.4 Å². The van der Waals surface area contributed by atoms with E-state index in [-0.39, 0.29) is 60.4 Å². The van der Waals surface area contributed by atoms with Gasteiger partial charge in [0.15, 0.2) is 0 Å². The minimum Gasteiger partial charge on any atom is -0.493 e. The van der Waals surface area contributed by atoms with Crippen molar-refractivity contribution < 1.29 is 27.5 Å². The van der Waals surface area contributed by atoms with E-state index in [0.29, 0.717) is 36.0 Å². The summed E-state index contributed by atoms with van der Waals surface area (Å²) in [7, 11) is 0. The lowest BCUT2D eigenvalue weighted by Gasteiger charge is -2.42. The molecule has 2 saturated heterocycles. The Bertz CT molecular complexity index is 1670. The van der Waals surface area contributed by atoms with E-state index in [1.54, 1.807) is 36.1 Å². The van der Waals surface area contributed by atoms with Crippen LogP contribution in [0, 0.1) is 5.92 Å². The SMILES string of the molecule is CCOc1cc(C(F)(F)F)ccc1C1=NC(c2ccc(Cl)cc2)C(c2ccc(Cl)cc2)N1C(=O)C(C1CCNCC1)N1CCNC(=O)C1.Cl. The molecule has 3 heterocycles. The Labute approximate surface area is 299 Å². The highest BCUT2D eigenvalue weighted by atomic mass is 35.5. The molecular formula is C35H37Cl3F3N5O3. The third kappa shape index (κ3) is 8.02. The van der Waals surface area contributed by atoms with Gasteiger partial charge >= 0.3 is 6.18 Å². The Hall–Kier alpha value is -3.35. The van der Waals surface area contributed by atoms with Gasteiger partial charge in [-0.25, -0.2) is 0 Å². The number of aliphatic imine (C=N–C) groups is 1. The Morgan fingerprint density at radius 2 is 1.61 bits per heavy atom. The summed E-state index contributed by atoms with van der Waals surface area (Å²) in [6.07, 6.45) is -3.18. The van der Waals surface area contributed by atoms with E-state index in [1.807, 2.05) is 29.2 Å². The molecule has 0 spiro atoms. The fourth-order valence-corrected chi connectivity index (χ4v) is 7.15. The van der Waals surface area contributed by atoms with E-state index in [4.69, 9.17) is 32.9 Å². The molecule has 8 nitrogen and oxygen atoms in total. The van der Waals surface area contributed by atoms with Gasteiger partial charge in [0.25, 0.3) is 0 Å². The molecule has 2 fully saturated rings. The van der Waals surface area contributed by atoms with Crippen LogP contribution in [0.4, 0.5) is 13.2 Å². The number of hydrogen-bond acceptors (Lipinski definition) is 6. The smallest absolute Gasteiger partial charge is 0.416 e. The van der Waals surface area contributed by atoms with Crippen molar-refractivity contribution in [3.8, 4) is 5.75 Å². The number of hydrogen-bond donors (Lipinski definition) is 2. The number of amides is 2. The summed E-state index contributed by atoms with van der Waals surface area (Å²) in [5.74, 6) is -0.374.